The van der Waals surface area contributed by atoms with Crippen molar-refractivity contribution in [3.63, 3.8) is 0 Å². The number of aliphatic hydroxyl groups is 1. The maximum absolute atomic E-state index is 13.6. The molecule has 1 aromatic heterocycles. The molecule has 2 amide bonds. The number of rotatable bonds is 4. The van der Waals surface area contributed by atoms with E-state index in [1.165, 1.54) is 19.1 Å². The smallest absolute Gasteiger partial charge is 0.313 e. The SMILES string of the molecule is Cc1ccc(F)c(NC(=O)C(=O)NCC(C)(O)c2cc(C)oc2C)c1. The van der Waals surface area contributed by atoms with E-state index >= 15 is 0 Å². The van der Waals surface area contributed by atoms with Crippen LogP contribution in [-0.4, -0.2) is 23.5 Å². The maximum atomic E-state index is 13.6. The first-order valence-corrected chi connectivity index (χ1v) is 7.75. The molecule has 1 atom stereocenters. The fraction of sp³-hybridized carbons (Fsp3) is 0.333. The van der Waals surface area contributed by atoms with E-state index in [4.69, 9.17) is 4.42 Å². The van der Waals surface area contributed by atoms with Crippen LogP contribution in [0.4, 0.5) is 10.1 Å². The van der Waals surface area contributed by atoms with E-state index in [2.05, 4.69) is 10.6 Å². The highest BCUT2D eigenvalue weighted by Crippen LogP contribution is 2.26. The van der Waals surface area contributed by atoms with Gasteiger partial charge in [0.2, 0.25) is 0 Å². The van der Waals surface area contributed by atoms with Crippen LogP contribution in [0, 0.1) is 26.6 Å². The molecule has 7 heteroatoms. The second kappa shape index (κ2) is 7.06. The molecule has 0 bridgehead atoms. The Kier molecular flexibility index (Phi) is 5.27. The number of carbonyl (C=O) groups is 2. The molecule has 0 aliphatic heterocycles. The van der Waals surface area contributed by atoms with Gasteiger partial charge in [-0.15, -0.1) is 0 Å². The molecule has 0 saturated heterocycles. The molecule has 134 valence electrons. The van der Waals surface area contributed by atoms with E-state index in [0.717, 1.165) is 5.56 Å². The normalized spacial score (nSPS) is 13.2. The summed E-state index contributed by atoms with van der Waals surface area (Å²) in [4.78, 5) is 23.8. The number of hydrogen-bond acceptors (Lipinski definition) is 4. The highest BCUT2D eigenvalue weighted by atomic mass is 19.1. The van der Waals surface area contributed by atoms with Crippen molar-refractivity contribution in [3.05, 3.63) is 52.7 Å². The van der Waals surface area contributed by atoms with Gasteiger partial charge in [0.05, 0.1) is 12.2 Å². The Hall–Kier alpha value is -2.67. The highest BCUT2D eigenvalue weighted by molar-refractivity contribution is 6.39. The topological polar surface area (TPSA) is 91.6 Å². The minimum atomic E-state index is -1.41. The molecule has 0 spiro atoms. The van der Waals surface area contributed by atoms with Crippen LogP contribution >= 0.6 is 0 Å². The zero-order chi connectivity index (χ0) is 18.8. The lowest BCUT2D eigenvalue weighted by atomic mass is 9.96. The Balaban J connectivity index is 2.00. The van der Waals surface area contributed by atoms with Gasteiger partial charge >= 0.3 is 11.8 Å². The van der Waals surface area contributed by atoms with Crippen molar-refractivity contribution < 1.29 is 23.5 Å². The van der Waals surface area contributed by atoms with Crippen molar-refractivity contribution in [2.24, 2.45) is 0 Å². The molecule has 3 N–H and O–H groups in total. The first-order valence-electron chi connectivity index (χ1n) is 7.75. The summed E-state index contributed by atoms with van der Waals surface area (Å²) in [7, 11) is 0. The maximum Gasteiger partial charge on any atom is 0.313 e. The Morgan fingerprint density at radius 1 is 1.20 bits per heavy atom. The van der Waals surface area contributed by atoms with E-state index in [9.17, 15) is 19.1 Å². The Morgan fingerprint density at radius 2 is 1.88 bits per heavy atom. The van der Waals surface area contributed by atoms with Crippen molar-refractivity contribution in [2.75, 3.05) is 11.9 Å². The molecule has 0 fully saturated rings. The first kappa shape index (κ1) is 18.7. The molecule has 1 aromatic carbocycles. The average molecular weight is 348 g/mol. The monoisotopic (exact) mass is 348 g/mol. The lowest BCUT2D eigenvalue weighted by Crippen LogP contribution is -2.43. The Morgan fingerprint density at radius 3 is 2.48 bits per heavy atom. The van der Waals surface area contributed by atoms with Crippen LogP contribution in [0.25, 0.3) is 0 Å². The van der Waals surface area contributed by atoms with Gasteiger partial charge in [-0.25, -0.2) is 4.39 Å². The summed E-state index contributed by atoms with van der Waals surface area (Å²) in [5.41, 5.74) is -0.221. The second-order valence-electron chi connectivity index (χ2n) is 6.22. The summed E-state index contributed by atoms with van der Waals surface area (Å²) < 4.78 is 19.0. The van der Waals surface area contributed by atoms with Gasteiger partial charge in [-0.3, -0.25) is 9.59 Å². The molecule has 0 aliphatic rings. The molecule has 1 heterocycles. The molecule has 0 aliphatic carbocycles. The standard InChI is InChI=1S/C18H21FN2O4/c1-10-5-6-14(19)15(7-10)21-17(23)16(22)20-9-18(4,24)13-8-11(2)25-12(13)3/h5-8,24H,9H2,1-4H3,(H,20,22)(H,21,23). The van der Waals surface area contributed by atoms with Crippen LogP contribution in [0.5, 0.6) is 0 Å². The first-order chi connectivity index (χ1) is 11.6. The van der Waals surface area contributed by atoms with Crippen molar-refractivity contribution in [3.8, 4) is 0 Å². The third-order valence-corrected chi connectivity index (χ3v) is 3.79. The molecule has 25 heavy (non-hydrogen) atoms. The van der Waals surface area contributed by atoms with E-state index in [1.807, 2.05) is 0 Å². The van der Waals surface area contributed by atoms with Gasteiger partial charge in [0.25, 0.3) is 0 Å². The van der Waals surface area contributed by atoms with E-state index in [-0.39, 0.29) is 12.2 Å². The number of halogens is 1. The number of hydrogen-bond donors (Lipinski definition) is 3. The molecule has 1 unspecified atom stereocenters. The zero-order valence-corrected chi connectivity index (χ0v) is 14.6. The van der Waals surface area contributed by atoms with Gasteiger partial charge in [-0.2, -0.15) is 0 Å². The summed E-state index contributed by atoms with van der Waals surface area (Å²) >= 11 is 0. The number of amides is 2. The van der Waals surface area contributed by atoms with E-state index in [1.54, 1.807) is 32.9 Å². The Labute approximate surface area is 145 Å². The van der Waals surface area contributed by atoms with Gasteiger partial charge in [-0.05, 0) is 51.5 Å². The van der Waals surface area contributed by atoms with Crippen molar-refractivity contribution in [2.45, 2.75) is 33.3 Å². The summed E-state index contributed by atoms with van der Waals surface area (Å²) in [5.74, 6) is -1.46. The number of nitrogens with one attached hydrogen (secondary N) is 2. The van der Waals surface area contributed by atoms with Gasteiger partial charge in [-0.1, -0.05) is 6.07 Å². The number of anilines is 1. The van der Waals surface area contributed by atoms with Crippen LogP contribution < -0.4 is 10.6 Å². The fourth-order valence-corrected chi connectivity index (χ4v) is 2.51. The molecular weight excluding hydrogens is 327 g/mol. The number of benzene rings is 1. The van der Waals surface area contributed by atoms with Crippen LogP contribution in [0.1, 0.15) is 29.6 Å². The molecule has 6 nitrogen and oxygen atoms in total. The largest absolute Gasteiger partial charge is 0.466 e. The quantitative estimate of drug-likeness (QED) is 0.740. The van der Waals surface area contributed by atoms with E-state index < -0.39 is 23.2 Å². The van der Waals surface area contributed by atoms with Gasteiger partial charge in [0, 0.05) is 5.56 Å². The van der Waals surface area contributed by atoms with Gasteiger partial charge < -0.3 is 20.2 Å². The van der Waals surface area contributed by atoms with Crippen LogP contribution in [0.3, 0.4) is 0 Å². The predicted octanol–water partition coefficient (Wildman–Crippen LogP) is 2.31. The summed E-state index contributed by atoms with van der Waals surface area (Å²) in [6.45, 7) is 6.49. The van der Waals surface area contributed by atoms with E-state index in [0.29, 0.717) is 17.1 Å². The molecular formula is C18H21FN2O4. The van der Waals surface area contributed by atoms with Gasteiger partial charge in [0.1, 0.15) is 22.9 Å². The molecule has 2 aromatic rings. The van der Waals surface area contributed by atoms with Crippen molar-refractivity contribution >= 4 is 17.5 Å². The van der Waals surface area contributed by atoms with Gasteiger partial charge in [0.15, 0.2) is 0 Å². The average Bonchev–Trinajstić information content (AvgIpc) is 2.88. The molecule has 0 saturated carbocycles. The van der Waals surface area contributed by atoms with Crippen molar-refractivity contribution in [1.82, 2.24) is 5.32 Å². The van der Waals surface area contributed by atoms with Crippen LogP contribution in [0.15, 0.2) is 28.7 Å². The third kappa shape index (κ3) is 4.45. The third-order valence-electron chi connectivity index (χ3n) is 3.79. The lowest BCUT2D eigenvalue weighted by Gasteiger charge is -2.23. The van der Waals surface area contributed by atoms with Crippen molar-refractivity contribution in [1.29, 1.82) is 0 Å². The lowest BCUT2D eigenvalue weighted by molar-refractivity contribution is -0.136. The highest BCUT2D eigenvalue weighted by Gasteiger charge is 2.29. The number of furan rings is 1. The summed E-state index contributed by atoms with van der Waals surface area (Å²) in [5, 5.41) is 15.1. The predicted molar refractivity (Wildman–Crippen MR) is 90.5 cm³/mol. The minimum Gasteiger partial charge on any atom is -0.466 e. The second-order valence-corrected chi connectivity index (χ2v) is 6.22. The molecule has 2 rings (SSSR count). The number of carbonyl (C=O) groups excluding carboxylic acids is 2. The fourth-order valence-electron chi connectivity index (χ4n) is 2.51. The Bertz CT molecular complexity index is 811. The van der Waals surface area contributed by atoms with Crippen LogP contribution in [0.2, 0.25) is 0 Å². The summed E-state index contributed by atoms with van der Waals surface area (Å²) in [6.07, 6.45) is 0. The minimum absolute atomic E-state index is 0.0757. The zero-order valence-electron chi connectivity index (χ0n) is 14.6. The number of aryl methyl sites for hydroxylation is 3. The van der Waals surface area contributed by atoms with Crippen LogP contribution in [-0.2, 0) is 15.2 Å². The molecule has 0 radical (unpaired) electrons. The summed E-state index contributed by atoms with van der Waals surface area (Å²) in [6, 6.07) is 5.85.